The Morgan fingerprint density at radius 1 is 1.25 bits per heavy atom. The summed E-state index contributed by atoms with van der Waals surface area (Å²) in [5.74, 6) is 0.704. The summed E-state index contributed by atoms with van der Waals surface area (Å²) in [5.41, 5.74) is -0.913. The van der Waals surface area contributed by atoms with Crippen LogP contribution in [0.2, 0.25) is 0 Å². The van der Waals surface area contributed by atoms with Crippen molar-refractivity contribution in [3.05, 3.63) is 18.2 Å². The van der Waals surface area contributed by atoms with Crippen LogP contribution in [0.5, 0.6) is 11.5 Å². The van der Waals surface area contributed by atoms with E-state index in [-0.39, 0.29) is 17.3 Å². The fourth-order valence-corrected chi connectivity index (χ4v) is 3.20. The first-order chi connectivity index (χ1) is 9.20. The van der Waals surface area contributed by atoms with Crippen LogP contribution >= 0.6 is 0 Å². The molecule has 6 nitrogen and oxygen atoms in total. The Balaban J connectivity index is 3.36. The number of hydrogen-bond donors (Lipinski definition) is 1. The van der Waals surface area contributed by atoms with E-state index < -0.39 is 15.6 Å². The molecule has 114 valence electrons. The second-order valence-electron chi connectivity index (χ2n) is 4.96. The molecule has 1 rings (SSSR count). The van der Waals surface area contributed by atoms with Gasteiger partial charge in [-0.25, -0.2) is 8.42 Å². The van der Waals surface area contributed by atoms with E-state index in [9.17, 15) is 13.5 Å². The summed E-state index contributed by atoms with van der Waals surface area (Å²) in [6, 6.07) is 4.48. The van der Waals surface area contributed by atoms with Crippen LogP contribution in [0.25, 0.3) is 0 Å². The highest BCUT2D eigenvalue weighted by Gasteiger charge is 2.35. The fraction of sp³-hybridized carbons (Fsp3) is 0.538. The highest BCUT2D eigenvalue weighted by Crippen LogP contribution is 2.32. The van der Waals surface area contributed by atoms with Crippen molar-refractivity contribution in [3.8, 4) is 11.5 Å². The molecule has 0 aliphatic carbocycles. The third-order valence-corrected chi connectivity index (χ3v) is 5.36. The fourth-order valence-electron chi connectivity index (χ4n) is 1.56. The molecule has 0 amide bonds. The molecule has 7 heteroatoms. The van der Waals surface area contributed by atoms with Crippen molar-refractivity contribution in [1.82, 2.24) is 4.31 Å². The molecule has 0 aromatic heterocycles. The molecule has 0 bridgehead atoms. The number of methoxy groups -OCH3 is 2. The van der Waals surface area contributed by atoms with Gasteiger partial charge in [-0.05, 0) is 26.0 Å². The number of likely N-dealkylation sites (N-methyl/N-ethyl adjacent to an activating group) is 1. The summed E-state index contributed by atoms with van der Waals surface area (Å²) in [4.78, 5) is 0.0322. The molecule has 0 saturated heterocycles. The third kappa shape index (κ3) is 3.05. The predicted octanol–water partition coefficient (Wildman–Crippen LogP) is 1.10. The van der Waals surface area contributed by atoms with E-state index in [0.29, 0.717) is 5.75 Å². The van der Waals surface area contributed by atoms with Gasteiger partial charge in [-0.1, -0.05) is 0 Å². The zero-order valence-corrected chi connectivity index (χ0v) is 13.2. The molecule has 1 N–H and O–H groups in total. The zero-order chi connectivity index (χ0) is 15.6. The topological polar surface area (TPSA) is 76.1 Å². The van der Waals surface area contributed by atoms with Gasteiger partial charge in [0, 0.05) is 13.1 Å². The van der Waals surface area contributed by atoms with Gasteiger partial charge < -0.3 is 14.6 Å². The van der Waals surface area contributed by atoms with Crippen molar-refractivity contribution in [2.45, 2.75) is 24.3 Å². The maximum absolute atomic E-state index is 12.6. The van der Waals surface area contributed by atoms with Crippen LogP contribution in [0.3, 0.4) is 0 Å². The average molecular weight is 303 g/mol. The minimum Gasteiger partial charge on any atom is -0.497 e. The van der Waals surface area contributed by atoms with Crippen LogP contribution in [0.15, 0.2) is 23.1 Å². The van der Waals surface area contributed by atoms with Crippen molar-refractivity contribution < 1.29 is 23.0 Å². The number of aliphatic hydroxyl groups excluding tert-OH is 1. The van der Waals surface area contributed by atoms with E-state index in [1.54, 1.807) is 19.9 Å². The second kappa shape index (κ2) is 5.99. The first-order valence-electron chi connectivity index (χ1n) is 6.02. The lowest BCUT2D eigenvalue weighted by Gasteiger charge is -2.33. The zero-order valence-electron chi connectivity index (χ0n) is 12.4. The van der Waals surface area contributed by atoms with Gasteiger partial charge in [0.25, 0.3) is 0 Å². The van der Waals surface area contributed by atoms with E-state index >= 15 is 0 Å². The summed E-state index contributed by atoms with van der Waals surface area (Å²) in [7, 11) is 0.526. The number of benzene rings is 1. The molecule has 0 fully saturated rings. The number of nitrogens with zero attached hydrogens (tertiary/aromatic N) is 1. The number of rotatable bonds is 6. The second-order valence-corrected chi connectivity index (χ2v) is 6.90. The molecule has 0 spiro atoms. The molecular formula is C13H21NO5S. The lowest BCUT2D eigenvalue weighted by molar-refractivity contribution is 0.137. The standard InChI is InChI=1S/C13H21NO5S/c1-13(2,9-15)14(3)20(16,17)12-7-6-10(18-4)8-11(12)19-5/h6-8,15H,9H2,1-5H3. The molecule has 0 aliphatic rings. The largest absolute Gasteiger partial charge is 0.497 e. The van der Waals surface area contributed by atoms with E-state index in [1.807, 2.05) is 0 Å². The van der Waals surface area contributed by atoms with Crippen LogP contribution < -0.4 is 9.47 Å². The molecule has 0 aliphatic heterocycles. The molecular weight excluding hydrogens is 282 g/mol. The molecule has 0 atom stereocenters. The van der Waals surface area contributed by atoms with E-state index in [2.05, 4.69) is 0 Å². The molecule has 0 radical (unpaired) electrons. The van der Waals surface area contributed by atoms with Crippen LogP contribution in [0.4, 0.5) is 0 Å². The Bertz CT molecular complexity index is 568. The van der Waals surface area contributed by atoms with E-state index in [4.69, 9.17) is 9.47 Å². The summed E-state index contributed by atoms with van der Waals surface area (Å²) in [6.45, 7) is 2.99. The summed E-state index contributed by atoms with van der Waals surface area (Å²) in [5, 5.41) is 9.33. The minimum absolute atomic E-state index is 0.0322. The normalized spacial score (nSPS) is 12.6. The van der Waals surface area contributed by atoms with Crippen LogP contribution in [0, 0.1) is 0 Å². The van der Waals surface area contributed by atoms with Gasteiger partial charge in [0.15, 0.2) is 0 Å². The van der Waals surface area contributed by atoms with Crippen LogP contribution in [-0.4, -0.2) is 51.2 Å². The number of sulfonamides is 1. The maximum atomic E-state index is 12.6. The number of ether oxygens (including phenoxy) is 2. The molecule has 20 heavy (non-hydrogen) atoms. The van der Waals surface area contributed by atoms with Gasteiger partial charge in [0.1, 0.15) is 16.4 Å². The van der Waals surface area contributed by atoms with Crippen molar-refractivity contribution in [2.24, 2.45) is 0 Å². The Labute approximate surface area is 120 Å². The van der Waals surface area contributed by atoms with Gasteiger partial charge in [-0.15, -0.1) is 0 Å². The molecule has 1 aromatic carbocycles. The van der Waals surface area contributed by atoms with E-state index in [0.717, 1.165) is 4.31 Å². The Hall–Kier alpha value is -1.31. The van der Waals surface area contributed by atoms with Crippen LogP contribution in [0.1, 0.15) is 13.8 Å². The predicted molar refractivity (Wildman–Crippen MR) is 75.7 cm³/mol. The highest BCUT2D eigenvalue weighted by atomic mass is 32.2. The third-order valence-electron chi connectivity index (χ3n) is 3.25. The first-order valence-corrected chi connectivity index (χ1v) is 7.46. The molecule has 1 aromatic rings. The summed E-state index contributed by atoms with van der Waals surface area (Å²) >= 11 is 0. The quantitative estimate of drug-likeness (QED) is 0.851. The van der Waals surface area contributed by atoms with Crippen molar-refractivity contribution in [1.29, 1.82) is 0 Å². The van der Waals surface area contributed by atoms with Crippen molar-refractivity contribution >= 4 is 10.0 Å². The SMILES string of the molecule is COc1ccc(S(=O)(=O)N(C)C(C)(C)CO)c(OC)c1. The molecule has 0 heterocycles. The van der Waals surface area contributed by atoms with Gasteiger partial charge in [0.2, 0.25) is 10.0 Å². The van der Waals surface area contributed by atoms with Gasteiger partial charge in [0.05, 0.1) is 26.4 Å². The number of aliphatic hydroxyl groups is 1. The minimum atomic E-state index is -3.78. The first kappa shape index (κ1) is 16.7. The van der Waals surface area contributed by atoms with Gasteiger partial charge in [-0.2, -0.15) is 4.31 Å². The summed E-state index contributed by atoms with van der Waals surface area (Å²) in [6.07, 6.45) is 0. The van der Waals surface area contributed by atoms with Gasteiger partial charge >= 0.3 is 0 Å². The lowest BCUT2D eigenvalue weighted by Crippen LogP contribution is -2.47. The van der Waals surface area contributed by atoms with E-state index in [1.165, 1.54) is 33.4 Å². The van der Waals surface area contributed by atoms with Crippen LogP contribution in [-0.2, 0) is 10.0 Å². The monoisotopic (exact) mass is 303 g/mol. The smallest absolute Gasteiger partial charge is 0.247 e. The Morgan fingerprint density at radius 3 is 2.30 bits per heavy atom. The summed E-state index contributed by atoms with van der Waals surface area (Å²) < 4.78 is 36.5. The lowest BCUT2D eigenvalue weighted by atomic mass is 10.1. The average Bonchev–Trinajstić information content (AvgIpc) is 2.45. The highest BCUT2D eigenvalue weighted by molar-refractivity contribution is 7.89. The Kier molecular flexibility index (Phi) is 5.01. The Morgan fingerprint density at radius 2 is 1.85 bits per heavy atom. The van der Waals surface area contributed by atoms with Crippen molar-refractivity contribution in [3.63, 3.8) is 0 Å². The molecule has 0 unspecified atom stereocenters. The maximum Gasteiger partial charge on any atom is 0.247 e. The van der Waals surface area contributed by atoms with Gasteiger partial charge in [-0.3, -0.25) is 0 Å². The number of hydrogen-bond acceptors (Lipinski definition) is 5. The molecule has 0 saturated carbocycles. The van der Waals surface area contributed by atoms with Crippen molar-refractivity contribution in [2.75, 3.05) is 27.9 Å².